The summed E-state index contributed by atoms with van der Waals surface area (Å²) in [5, 5.41) is 1.49. The Bertz CT molecular complexity index is 696. The monoisotopic (exact) mass is 354 g/mol. The number of carbonyl (C=O) groups is 1. The summed E-state index contributed by atoms with van der Waals surface area (Å²) >= 11 is 7.68. The molecule has 2 aromatic rings. The van der Waals surface area contributed by atoms with E-state index in [9.17, 15) is 4.79 Å². The van der Waals surface area contributed by atoms with Gasteiger partial charge in [0.1, 0.15) is 0 Å². The van der Waals surface area contributed by atoms with E-state index in [1.54, 1.807) is 11.3 Å². The molecule has 126 valence electrons. The Morgan fingerprint density at radius 1 is 1.39 bits per heavy atom. The first-order chi connectivity index (χ1) is 10.8. The zero-order valence-corrected chi connectivity index (χ0v) is 16.0. The lowest BCUT2D eigenvalue weighted by atomic mass is 10.2. The number of hydrogen-bond acceptors (Lipinski definition) is 3. The van der Waals surface area contributed by atoms with Crippen LogP contribution in [0.1, 0.15) is 25.8 Å². The highest BCUT2D eigenvalue weighted by Gasteiger charge is 2.22. The van der Waals surface area contributed by atoms with Crippen molar-refractivity contribution >= 4 is 44.2 Å². The van der Waals surface area contributed by atoms with Crippen LogP contribution in [0.4, 0.5) is 5.13 Å². The second-order valence-corrected chi connectivity index (χ2v) is 7.97. The zero-order valence-electron chi connectivity index (χ0n) is 14.4. The van der Waals surface area contributed by atoms with Crippen LogP contribution in [-0.2, 0) is 4.79 Å². The molecule has 1 aromatic heterocycles. The van der Waals surface area contributed by atoms with Crippen LogP contribution in [0.3, 0.4) is 0 Å². The van der Waals surface area contributed by atoms with Crippen molar-refractivity contribution in [3.8, 4) is 0 Å². The van der Waals surface area contributed by atoms with Crippen LogP contribution < -0.4 is 9.80 Å². The highest BCUT2D eigenvalue weighted by Crippen LogP contribution is 2.33. The minimum Gasteiger partial charge on any atom is -0.340 e. The Balaban J connectivity index is 2.34. The maximum Gasteiger partial charge on any atom is 0.231 e. The Morgan fingerprint density at radius 2 is 2.09 bits per heavy atom. The molecular weight excluding hydrogens is 330 g/mol. The molecule has 1 heterocycles. The molecule has 0 atom stereocenters. The molecular formula is C17H25ClN3OS+. The number of amides is 1. The number of halogens is 1. The summed E-state index contributed by atoms with van der Waals surface area (Å²) in [4.78, 5) is 20.5. The molecule has 0 fully saturated rings. The normalized spacial score (nSPS) is 11.7. The molecule has 4 nitrogen and oxygen atoms in total. The van der Waals surface area contributed by atoms with Gasteiger partial charge in [0.25, 0.3) is 0 Å². The van der Waals surface area contributed by atoms with Gasteiger partial charge in [0.05, 0.1) is 30.9 Å². The van der Waals surface area contributed by atoms with Gasteiger partial charge < -0.3 is 4.90 Å². The Labute approximate surface area is 147 Å². The molecule has 0 spiro atoms. The van der Waals surface area contributed by atoms with E-state index in [-0.39, 0.29) is 11.8 Å². The first-order valence-corrected chi connectivity index (χ1v) is 9.16. The van der Waals surface area contributed by atoms with Crippen LogP contribution in [-0.4, -0.2) is 38.1 Å². The van der Waals surface area contributed by atoms with E-state index in [1.807, 2.05) is 37.8 Å². The van der Waals surface area contributed by atoms with Gasteiger partial charge in [-0.15, -0.1) is 0 Å². The number of rotatable bonds is 6. The number of aromatic nitrogens is 1. The van der Waals surface area contributed by atoms with Gasteiger partial charge >= 0.3 is 0 Å². The number of carbonyl (C=O) groups excluding carboxylic acids is 1. The number of fused-ring (bicyclic) bond motifs is 1. The van der Waals surface area contributed by atoms with Crippen LogP contribution in [0.25, 0.3) is 10.2 Å². The Hall–Kier alpha value is -1.17. The first-order valence-electron chi connectivity index (χ1n) is 7.96. The summed E-state index contributed by atoms with van der Waals surface area (Å²) in [6, 6.07) is 3.84. The molecule has 2 rings (SSSR count). The van der Waals surface area contributed by atoms with E-state index in [4.69, 9.17) is 16.6 Å². The van der Waals surface area contributed by atoms with Gasteiger partial charge in [-0.25, -0.2) is 4.98 Å². The van der Waals surface area contributed by atoms with E-state index in [2.05, 4.69) is 14.1 Å². The van der Waals surface area contributed by atoms with Crippen LogP contribution in [0, 0.1) is 12.8 Å². The quantitative estimate of drug-likeness (QED) is 0.866. The third-order valence-electron chi connectivity index (χ3n) is 3.69. The SMILES string of the molecule is Cc1cc(Cl)cc2sc(N(CCC[NH+](C)C)C(=O)C(C)C)nc12. The van der Waals surface area contributed by atoms with Crippen molar-refractivity contribution in [1.82, 2.24) is 4.98 Å². The van der Waals surface area contributed by atoms with Crippen molar-refractivity contribution in [1.29, 1.82) is 0 Å². The predicted octanol–water partition coefficient (Wildman–Crippen LogP) is 2.78. The molecule has 1 N–H and O–H groups in total. The van der Waals surface area contributed by atoms with Gasteiger partial charge in [-0.2, -0.15) is 0 Å². The third-order valence-corrected chi connectivity index (χ3v) is 4.93. The number of benzene rings is 1. The Kier molecular flexibility index (Phi) is 6.00. The van der Waals surface area contributed by atoms with Gasteiger partial charge in [-0.05, 0) is 24.6 Å². The minimum absolute atomic E-state index is 0.0431. The van der Waals surface area contributed by atoms with Gasteiger partial charge in [0.2, 0.25) is 5.91 Å². The fraction of sp³-hybridized carbons (Fsp3) is 0.529. The number of hydrogen-bond donors (Lipinski definition) is 1. The maximum atomic E-state index is 12.6. The standard InChI is InChI=1S/C17H24ClN3OS/c1-11(2)16(22)21(8-6-7-20(4)5)17-19-15-12(3)9-13(18)10-14(15)23-17/h9-11H,6-8H2,1-5H3/p+1. The topological polar surface area (TPSA) is 37.6 Å². The van der Waals surface area contributed by atoms with E-state index in [0.29, 0.717) is 11.6 Å². The first kappa shape index (κ1) is 18.2. The highest BCUT2D eigenvalue weighted by atomic mass is 35.5. The summed E-state index contributed by atoms with van der Waals surface area (Å²) in [7, 11) is 4.25. The van der Waals surface area contributed by atoms with Crippen LogP contribution in [0.15, 0.2) is 12.1 Å². The second-order valence-electron chi connectivity index (χ2n) is 6.52. The molecule has 6 heteroatoms. The van der Waals surface area contributed by atoms with Crippen molar-refractivity contribution < 1.29 is 9.69 Å². The number of anilines is 1. The molecule has 0 aliphatic rings. The van der Waals surface area contributed by atoms with Crippen LogP contribution in [0.2, 0.25) is 5.02 Å². The summed E-state index contributed by atoms with van der Waals surface area (Å²) < 4.78 is 1.03. The molecule has 0 aliphatic carbocycles. The second kappa shape index (κ2) is 7.60. The van der Waals surface area contributed by atoms with Crippen molar-refractivity contribution in [3.05, 3.63) is 22.7 Å². The number of nitrogens with zero attached hydrogens (tertiary/aromatic N) is 2. The summed E-state index contributed by atoms with van der Waals surface area (Å²) in [5.74, 6) is 0.0833. The highest BCUT2D eigenvalue weighted by molar-refractivity contribution is 7.22. The van der Waals surface area contributed by atoms with Crippen LogP contribution >= 0.6 is 22.9 Å². The van der Waals surface area contributed by atoms with Crippen molar-refractivity contribution in [2.24, 2.45) is 5.92 Å². The Morgan fingerprint density at radius 3 is 2.70 bits per heavy atom. The summed E-state index contributed by atoms with van der Waals surface area (Å²) in [6.07, 6.45) is 0.955. The van der Waals surface area contributed by atoms with Gasteiger partial charge in [-0.3, -0.25) is 9.69 Å². The van der Waals surface area contributed by atoms with Crippen molar-refractivity contribution in [2.45, 2.75) is 27.2 Å². The van der Waals surface area contributed by atoms with Crippen LogP contribution in [0.5, 0.6) is 0 Å². The fourth-order valence-electron chi connectivity index (χ4n) is 2.46. The fourth-order valence-corrected chi connectivity index (χ4v) is 3.91. The average molecular weight is 355 g/mol. The number of nitrogens with one attached hydrogen (secondary N) is 1. The summed E-state index contributed by atoms with van der Waals surface area (Å²) in [5.41, 5.74) is 1.99. The number of quaternary nitrogens is 1. The van der Waals surface area contributed by atoms with E-state index in [1.165, 1.54) is 4.90 Å². The lowest BCUT2D eigenvalue weighted by molar-refractivity contribution is -0.858. The lowest BCUT2D eigenvalue weighted by Crippen LogP contribution is -3.05. The smallest absolute Gasteiger partial charge is 0.231 e. The van der Waals surface area contributed by atoms with E-state index in [0.717, 1.165) is 33.9 Å². The van der Waals surface area contributed by atoms with Gasteiger partial charge in [0, 0.05) is 23.9 Å². The van der Waals surface area contributed by atoms with Crippen molar-refractivity contribution in [3.63, 3.8) is 0 Å². The molecule has 0 unspecified atom stereocenters. The molecule has 0 radical (unpaired) electrons. The third kappa shape index (κ3) is 4.43. The molecule has 0 saturated heterocycles. The van der Waals surface area contributed by atoms with Crippen molar-refractivity contribution in [2.75, 3.05) is 32.1 Å². The molecule has 1 amide bonds. The summed E-state index contributed by atoms with van der Waals surface area (Å²) in [6.45, 7) is 7.60. The molecule has 1 aromatic carbocycles. The number of aryl methyl sites for hydroxylation is 1. The molecule has 0 aliphatic heterocycles. The van der Waals surface area contributed by atoms with Gasteiger partial charge in [-0.1, -0.05) is 36.8 Å². The average Bonchev–Trinajstić information content (AvgIpc) is 2.86. The van der Waals surface area contributed by atoms with E-state index < -0.39 is 0 Å². The van der Waals surface area contributed by atoms with E-state index >= 15 is 0 Å². The number of thiazole rings is 1. The predicted molar refractivity (Wildman–Crippen MR) is 98.9 cm³/mol. The minimum atomic E-state index is -0.0431. The van der Waals surface area contributed by atoms with Gasteiger partial charge in [0.15, 0.2) is 5.13 Å². The molecule has 0 saturated carbocycles. The maximum absolute atomic E-state index is 12.6. The zero-order chi connectivity index (χ0) is 17.1. The molecule has 23 heavy (non-hydrogen) atoms. The molecule has 0 bridgehead atoms. The largest absolute Gasteiger partial charge is 0.340 e. The lowest BCUT2D eigenvalue weighted by Gasteiger charge is -2.22.